The van der Waals surface area contributed by atoms with Gasteiger partial charge in [0.05, 0.1) is 5.92 Å². The zero-order valence-electron chi connectivity index (χ0n) is 13.8. The largest absolute Gasteiger partial charge is 0.481 e. The minimum atomic E-state index is -0.913. The highest BCUT2D eigenvalue weighted by Crippen LogP contribution is 2.23. The molecule has 0 radical (unpaired) electrons. The molecule has 1 aromatic carbocycles. The SMILES string of the molecule is CC(C)(C)c1ccc(C(=O)C(=O)N2CCC[C@@H](C(=O)O)C2)cc1. The maximum Gasteiger partial charge on any atom is 0.308 e. The highest BCUT2D eigenvalue weighted by Gasteiger charge is 2.31. The van der Waals surface area contributed by atoms with Crippen LogP contribution < -0.4 is 0 Å². The molecule has 0 saturated carbocycles. The minimum Gasteiger partial charge on any atom is -0.481 e. The molecule has 0 aliphatic carbocycles. The Labute approximate surface area is 136 Å². The number of aliphatic carboxylic acids is 1. The predicted octanol–water partition coefficient (Wildman–Crippen LogP) is 2.49. The fourth-order valence-electron chi connectivity index (χ4n) is 2.75. The Balaban J connectivity index is 2.10. The van der Waals surface area contributed by atoms with Crippen molar-refractivity contribution in [1.29, 1.82) is 0 Å². The van der Waals surface area contributed by atoms with Crippen LogP contribution in [0.2, 0.25) is 0 Å². The number of carbonyl (C=O) groups is 3. The molecule has 124 valence electrons. The van der Waals surface area contributed by atoms with Crippen LogP contribution in [0.3, 0.4) is 0 Å². The van der Waals surface area contributed by atoms with Crippen molar-refractivity contribution in [3.63, 3.8) is 0 Å². The number of amides is 1. The Hall–Kier alpha value is -2.17. The van der Waals surface area contributed by atoms with Crippen LogP contribution >= 0.6 is 0 Å². The quantitative estimate of drug-likeness (QED) is 0.686. The molecule has 0 unspecified atom stereocenters. The molecule has 0 spiro atoms. The van der Waals surface area contributed by atoms with Crippen LogP contribution in [0.25, 0.3) is 0 Å². The Morgan fingerprint density at radius 1 is 1.13 bits per heavy atom. The number of likely N-dealkylation sites (tertiary alicyclic amines) is 1. The molecule has 5 heteroatoms. The number of carboxylic acids is 1. The van der Waals surface area contributed by atoms with Gasteiger partial charge in [0.2, 0.25) is 5.78 Å². The molecule has 1 aromatic rings. The summed E-state index contributed by atoms with van der Waals surface area (Å²) in [7, 11) is 0. The molecule has 1 atom stereocenters. The van der Waals surface area contributed by atoms with Crippen LogP contribution in [0.4, 0.5) is 0 Å². The van der Waals surface area contributed by atoms with Gasteiger partial charge < -0.3 is 10.0 Å². The number of hydrogen-bond acceptors (Lipinski definition) is 3. The van der Waals surface area contributed by atoms with Crippen molar-refractivity contribution in [3.8, 4) is 0 Å². The van der Waals surface area contributed by atoms with E-state index in [2.05, 4.69) is 20.8 Å². The van der Waals surface area contributed by atoms with Crippen molar-refractivity contribution in [2.75, 3.05) is 13.1 Å². The number of nitrogens with zero attached hydrogens (tertiary/aromatic N) is 1. The minimum absolute atomic E-state index is 0.0207. The lowest BCUT2D eigenvalue weighted by Gasteiger charge is -2.30. The topological polar surface area (TPSA) is 74.7 Å². The molecule has 0 bridgehead atoms. The summed E-state index contributed by atoms with van der Waals surface area (Å²) < 4.78 is 0. The molecule has 0 aromatic heterocycles. The van der Waals surface area contributed by atoms with Crippen LogP contribution in [0.15, 0.2) is 24.3 Å². The average Bonchev–Trinajstić information content (AvgIpc) is 2.53. The number of hydrogen-bond donors (Lipinski definition) is 1. The Kier molecular flexibility index (Phi) is 4.88. The van der Waals surface area contributed by atoms with Gasteiger partial charge in [0, 0.05) is 18.7 Å². The second kappa shape index (κ2) is 6.52. The van der Waals surface area contributed by atoms with Crippen molar-refractivity contribution in [3.05, 3.63) is 35.4 Å². The van der Waals surface area contributed by atoms with Gasteiger partial charge in [0.15, 0.2) is 0 Å². The third-order valence-electron chi connectivity index (χ3n) is 4.27. The number of ketones is 1. The van der Waals surface area contributed by atoms with Crippen LogP contribution in [-0.2, 0) is 15.0 Å². The molecule has 23 heavy (non-hydrogen) atoms. The first-order chi connectivity index (χ1) is 10.7. The zero-order valence-corrected chi connectivity index (χ0v) is 13.8. The first-order valence-corrected chi connectivity index (χ1v) is 7.87. The lowest BCUT2D eigenvalue weighted by molar-refractivity contribution is -0.144. The molecular formula is C18H23NO4. The van der Waals surface area contributed by atoms with E-state index in [9.17, 15) is 14.4 Å². The van der Waals surface area contributed by atoms with E-state index >= 15 is 0 Å². The third kappa shape index (κ3) is 3.97. The molecular weight excluding hydrogens is 294 g/mol. The maximum atomic E-state index is 12.3. The number of rotatable bonds is 3. The smallest absolute Gasteiger partial charge is 0.308 e. The number of Topliss-reactive ketones (excluding diaryl/α,β-unsaturated/α-hetero) is 1. The van der Waals surface area contributed by atoms with E-state index in [1.165, 1.54) is 4.90 Å². The van der Waals surface area contributed by atoms with Crippen LogP contribution in [0.5, 0.6) is 0 Å². The summed E-state index contributed by atoms with van der Waals surface area (Å²) in [6, 6.07) is 7.05. The van der Waals surface area contributed by atoms with E-state index < -0.39 is 23.6 Å². The molecule has 1 amide bonds. The van der Waals surface area contributed by atoms with E-state index in [1.807, 2.05) is 12.1 Å². The fourth-order valence-corrected chi connectivity index (χ4v) is 2.75. The third-order valence-corrected chi connectivity index (χ3v) is 4.27. The van der Waals surface area contributed by atoms with Crippen LogP contribution in [-0.4, -0.2) is 40.8 Å². The van der Waals surface area contributed by atoms with E-state index in [4.69, 9.17) is 5.11 Å². The van der Waals surface area contributed by atoms with Crippen LogP contribution in [0.1, 0.15) is 49.5 Å². The monoisotopic (exact) mass is 317 g/mol. The maximum absolute atomic E-state index is 12.3. The van der Waals surface area contributed by atoms with Gasteiger partial charge in [0.25, 0.3) is 5.91 Å². The average molecular weight is 317 g/mol. The van der Waals surface area contributed by atoms with Crippen molar-refractivity contribution in [1.82, 2.24) is 4.90 Å². The molecule has 2 rings (SSSR count). The first kappa shape index (κ1) is 17.2. The van der Waals surface area contributed by atoms with E-state index in [-0.39, 0.29) is 12.0 Å². The van der Waals surface area contributed by atoms with Crippen molar-refractivity contribution in [2.24, 2.45) is 5.92 Å². The van der Waals surface area contributed by atoms with Crippen molar-refractivity contribution in [2.45, 2.75) is 39.0 Å². The summed E-state index contributed by atoms with van der Waals surface area (Å²) in [5, 5.41) is 9.08. The van der Waals surface area contributed by atoms with Crippen molar-refractivity contribution >= 4 is 17.7 Å². The molecule has 5 nitrogen and oxygen atoms in total. The van der Waals surface area contributed by atoms with Gasteiger partial charge >= 0.3 is 5.97 Å². The molecule has 1 heterocycles. The normalized spacial score (nSPS) is 18.6. The van der Waals surface area contributed by atoms with Crippen molar-refractivity contribution < 1.29 is 19.5 Å². The number of benzene rings is 1. The Morgan fingerprint density at radius 3 is 2.26 bits per heavy atom. The van der Waals surface area contributed by atoms with Gasteiger partial charge in [-0.05, 0) is 23.8 Å². The second-order valence-electron chi connectivity index (χ2n) is 7.09. The van der Waals surface area contributed by atoms with Gasteiger partial charge in [-0.25, -0.2) is 0 Å². The van der Waals surface area contributed by atoms with Gasteiger partial charge in [-0.2, -0.15) is 0 Å². The first-order valence-electron chi connectivity index (χ1n) is 7.87. The summed E-state index contributed by atoms with van der Waals surface area (Å²) in [5.41, 5.74) is 1.42. The van der Waals surface area contributed by atoms with E-state index in [1.54, 1.807) is 12.1 Å². The Bertz CT molecular complexity index is 613. The van der Waals surface area contributed by atoms with Gasteiger partial charge in [-0.15, -0.1) is 0 Å². The Morgan fingerprint density at radius 2 is 1.74 bits per heavy atom. The van der Waals surface area contributed by atoms with E-state index in [0.29, 0.717) is 24.9 Å². The number of carbonyl (C=O) groups excluding carboxylic acids is 2. The lowest BCUT2D eigenvalue weighted by atomic mass is 9.86. The molecule has 1 aliphatic heterocycles. The molecule has 1 N–H and O–H groups in total. The highest BCUT2D eigenvalue weighted by molar-refractivity contribution is 6.42. The van der Waals surface area contributed by atoms with Crippen LogP contribution in [0, 0.1) is 5.92 Å². The predicted molar refractivity (Wildman–Crippen MR) is 86.4 cm³/mol. The summed E-state index contributed by atoms with van der Waals surface area (Å²) in [4.78, 5) is 37.1. The van der Waals surface area contributed by atoms with Gasteiger partial charge in [0.1, 0.15) is 0 Å². The van der Waals surface area contributed by atoms with Gasteiger partial charge in [-0.1, -0.05) is 45.0 Å². The molecule has 1 fully saturated rings. The number of piperidine rings is 1. The summed E-state index contributed by atoms with van der Waals surface area (Å²) in [5.74, 6) is -2.68. The summed E-state index contributed by atoms with van der Waals surface area (Å²) in [6.45, 7) is 6.78. The summed E-state index contributed by atoms with van der Waals surface area (Å²) >= 11 is 0. The second-order valence-corrected chi connectivity index (χ2v) is 7.09. The highest BCUT2D eigenvalue weighted by atomic mass is 16.4. The summed E-state index contributed by atoms with van der Waals surface area (Å²) in [6.07, 6.45) is 1.16. The molecule has 1 saturated heterocycles. The molecule has 1 aliphatic rings. The standard InChI is InChI=1S/C18H23NO4/c1-18(2,3)14-8-6-12(7-9-14)15(20)16(21)19-10-4-5-13(11-19)17(22)23/h6-9,13H,4-5,10-11H2,1-3H3,(H,22,23)/t13-/m1/s1. The lowest BCUT2D eigenvalue weighted by Crippen LogP contribution is -2.45. The fraction of sp³-hybridized carbons (Fsp3) is 0.500. The van der Waals surface area contributed by atoms with E-state index in [0.717, 1.165) is 5.56 Å². The zero-order chi connectivity index (χ0) is 17.2. The van der Waals surface area contributed by atoms with Gasteiger partial charge in [-0.3, -0.25) is 14.4 Å². The number of carboxylic acid groups (broad SMARTS) is 1.